The molecular weight excluding hydrogens is 699 g/mol. The van der Waals surface area contributed by atoms with Gasteiger partial charge >= 0.3 is 0 Å². The summed E-state index contributed by atoms with van der Waals surface area (Å²) in [6.07, 6.45) is 0. The predicted molar refractivity (Wildman–Crippen MR) is 258 cm³/mol. The van der Waals surface area contributed by atoms with Crippen LogP contribution in [-0.2, 0) is 32.5 Å². The van der Waals surface area contributed by atoms with E-state index >= 15 is 0 Å². The molecule has 0 N–H and O–H groups in total. The van der Waals surface area contributed by atoms with Crippen molar-refractivity contribution in [2.24, 2.45) is 0 Å². The predicted octanol–water partition coefficient (Wildman–Crippen LogP) is 17.0. The van der Waals surface area contributed by atoms with Gasteiger partial charge in [-0.15, -0.1) is 0 Å². The molecule has 0 bridgehead atoms. The normalized spacial score (nSPS) is 13.7. The van der Waals surface area contributed by atoms with E-state index in [9.17, 15) is 0 Å². The fourth-order valence-corrected chi connectivity index (χ4v) is 8.52. The Morgan fingerprint density at radius 2 is 0.793 bits per heavy atom. The van der Waals surface area contributed by atoms with Crippen molar-refractivity contribution in [1.82, 2.24) is 4.57 Å². The molecule has 0 aliphatic heterocycles. The highest BCUT2D eigenvalue weighted by molar-refractivity contribution is 6.18. The molecule has 0 saturated heterocycles. The van der Waals surface area contributed by atoms with Gasteiger partial charge in [-0.3, -0.25) is 0 Å². The Morgan fingerprint density at radius 3 is 1.21 bits per heavy atom. The lowest BCUT2D eigenvalue weighted by molar-refractivity contribution is 0.568. The summed E-state index contributed by atoms with van der Waals surface area (Å²) in [7, 11) is 0. The molecule has 0 radical (unpaired) electrons. The second-order valence-electron chi connectivity index (χ2n) is 24.0. The largest absolute Gasteiger partial charge is 0.309 e. The van der Waals surface area contributed by atoms with E-state index in [1.165, 1.54) is 88.7 Å². The van der Waals surface area contributed by atoms with Crippen LogP contribution in [0.5, 0.6) is 0 Å². The van der Waals surface area contributed by atoms with Gasteiger partial charge in [-0.1, -0.05) is 199 Å². The van der Waals surface area contributed by atoms with Gasteiger partial charge in [0, 0.05) is 16.5 Å². The van der Waals surface area contributed by atoms with Crippen LogP contribution in [0, 0.1) is 0 Å². The molecule has 0 unspecified atom stereocenters. The van der Waals surface area contributed by atoms with Gasteiger partial charge in [0.05, 0.1) is 11.0 Å². The topological polar surface area (TPSA) is 4.93 Å². The SMILES string of the molecule is CC(C)c1cc(-n2c3cccc(-c4cc(C(C)(C)C)cc(C(C)(C)C)c4)c3c3c(C(C)(C)C)c(-c4cc(C(C)(C)C)cc(C(C)(C)C)c4)ccc32)cc(C(C)(C)C)c1. The van der Waals surface area contributed by atoms with Crippen molar-refractivity contribution in [3.8, 4) is 27.9 Å². The maximum atomic E-state index is 2.60. The molecular formula is C57H75N. The quantitative estimate of drug-likeness (QED) is 0.168. The monoisotopic (exact) mass is 774 g/mol. The Bertz CT molecular complexity index is 2440. The van der Waals surface area contributed by atoms with E-state index in [0.29, 0.717) is 5.92 Å². The molecule has 0 aliphatic rings. The number of rotatable bonds is 4. The van der Waals surface area contributed by atoms with Crippen molar-refractivity contribution >= 4 is 21.8 Å². The van der Waals surface area contributed by atoms with E-state index in [4.69, 9.17) is 0 Å². The van der Waals surface area contributed by atoms with E-state index < -0.39 is 0 Å². The number of benzene rings is 5. The lowest BCUT2D eigenvalue weighted by atomic mass is 9.75. The smallest absolute Gasteiger partial charge is 0.0547 e. The maximum Gasteiger partial charge on any atom is 0.0547 e. The van der Waals surface area contributed by atoms with Gasteiger partial charge < -0.3 is 4.57 Å². The fraction of sp³-hybridized carbons (Fsp3) is 0.474. The number of fused-ring (bicyclic) bond motifs is 3. The van der Waals surface area contributed by atoms with Crippen molar-refractivity contribution in [2.75, 3.05) is 0 Å². The molecule has 58 heavy (non-hydrogen) atoms. The average Bonchev–Trinajstić information content (AvgIpc) is 3.42. The molecule has 1 nitrogen and oxygen atoms in total. The van der Waals surface area contributed by atoms with Gasteiger partial charge in [0.1, 0.15) is 0 Å². The van der Waals surface area contributed by atoms with E-state index in [0.717, 1.165) is 0 Å². The highest BCUT2D eigenvalue weighted by atomic mass is 15.0. The first kappa shape index (κ1) is 43.5. The van der Waals surface area contributed by atoms with Crippen LogP contribution < -0.4 is 0 Å². The zero-order valence-electron chi connectivity index (χ0n) is 40.1. The van der Waals surface area contributed by atoms with Gasteiger partial charge in [-0.2, -0.15) is 0 Å². The summed E-state index contributed by atoms with van der Waals surface area (Å²) in [6, 6.07) is 34.1. The Balaban J connectivity index is 1.89. The highest BCUT2D eigenvalue weighted by Crippen LogP contribution is 2.49. The Morgan fingerprint density at radius 1 is 0.379 bits per heavy atom. The molecule has 0 saturated carbocycles. The Labute approximate surface area is 353 Å². The molecule has 0 atom stereocenters. The number of nitrogens with zero attached hydrogens (tertiary/aromatic N) is 1. The number of hydrogen-bond acceptors (Lipinski definition) is 0. The lowest BCUT2D eigenvalue weighted by Crippen LogP contribution is -2.17. The average molecular weight is 774 g/mol. The second-order valence-corrected chi connectivity index (χ2v) is 24.0. The van der Waals surface area contributed by atoms with E-state index in [-0.39, 0.29) is 32.5 Å². The molecule has 0 aliphatic carbocycles. The van der Waals surface area contributed by atoms with Crippen LogP contribution in [0.1, 0.15) is 183 Å². The van der Waals surface area contributed by atoms with Crippen molar-refractivity contribution in [1.29, 1.82) is 0 Å². The minimum Gasteiger partial charge on any atom is -0.309 e. The third kappa shape index (κ3) is 8.35. The summed E-state index contributed by atoms with van der Waals surface area (Å²) >= 11 is 0. The molecule has 6 aromatic rings. The van der Waals surface area contributed by atoms with Crippen molar-refractivity contribution in [3.05, 3.63) is 124 Å². The highest BCUT2D eigenvalue weighted by Gasteiger charge is 2.31. The first-order valence-electron chi connectivity index (χ1n) is 22.0. The summed E-state index contributed by atoms with van der Waals surface area (Å²) in [5.74, 6) is 0.407. The van der Waals surface area contributed by atoms with Crippen LogP contribution in [0.15, 0.2) is 84.9 Å². The lowest BCUT2D eigenvalue weighted by Gasteiger charge is -2.29. The Hall–Kier alpha value is -4.10. The van der Waals surface area contributed by atoms with Gasteiger partial charge in [0.2, 0.25) is 0 Å². The van der Waals surface area contributed by atoms with Crippen LogP contribution in [-0.4, -0.2) is 4.57 Å². The summed E-state index contributed by atoms with van der Waals surface area (Å²) in [5, 5.41) is 2.70. The molecule has 1 heteroatoms. The third-order valence-corrected chi connectivity index (χ3v) is 12.4. The van der Waals surface area contributed by atoms with Gasteiger partial charge in [0.15, 0.2) is 0 Å². The molecule has 5 aromatic carbocycles. The molecule has 6 rings (SSSR count). The second kappa shape index (κ2) is 14.3. The van der Waals surface area contributed by atoms with Crippen LogP contribution >= 0.6 is 0 Å². The zero-order chi connectivity index (χ0) is 43.3. The summed E-state index contributed by atoms with van der Waals surface area (Å²) in [4.78, 5) is 0. The first-order valence-corrected chi connectivity index (χ1v) is 22.0. The summed E-state index contributed by atoms with van der Waals surface area (Å²) in [6.45, 7) is 47.1. The Kier molecular flexibility index (Phi) is 10.7. The zero-order valence-corrected chi connectivity index (χ0v) is 40.1. The van der Waals surface area contributed by atoms with Gasteiger partial charge in [-0.05, 0) is 124 Å². The van der Waals surface area contributed by atoms with Gasteiger partial charge in [0.25, 0.3) is 0 Å². The molecule has 308 valence electrons. The minimum absolute atomic E-state index is 0.00508. The fourth-order valence-electron chi connectivity index (χ4n) is 8.52. The van der Waals surface area contributed by atoms with Crippen LogP contribution in [0.2, 0.25) is 0 Å². The third-order valence-electron chi connectivity index (χ3n) is 12.4. The van der Waals surface area contributed by atoms with E-state index in [2.05, 4.69) is 228 Å². The van der Waals surface area contributed by atoms with E-state index in [1.807, 2.05) is 0 Å². The van der Waals surface area contributed by atoms with Crippen molar-refractivity contribution in [2.45, 2.75) is 177 Å². The standard InChI is InChI=1S/C57H75N/c1-35(2)36-26-43(56(15,16)17)34-44(31-36)58-47-23-21-22-45(37-27-39(52(3,4)5)32-40(28-37)53(6,7)8)49(47)50-48(58)25-24-46(51(50)57(18,19)20)38-29-41(54(9,10)11)33-42(30-38)55(12,13)14/h21-35H,1-20H3. The summed E-state index contributed by atoms with van der Waals surface area (Å²) < 4.78 is 2.60. The molecule has 1 aromatic heterocycles. The van der Waals surface area contributed by atoms with Crippen LogP contribution in [0.4, 0.5) is 0 Å². The number of hydrogen-bond donors (Lipinski definition) is 0. The van der Waals surface area contributed by atoms with Crippen LogP contribution in [0.25, 0.3) is 49.7 Å². The molecule has 0 amide bonds. The number of aromatic nitrogens is 1. The van der Waals surface area contributed by atoms with E-state index in [1.54, 1.807) is 0 Å². The maximum absolute atomic E-state index is 2.60. The summed E-state index contributed by atoms with van der Waals surface area (Å²) in [5.41, 5.74) is 18.5. The van der Waals surface area contributed by atoms with Crippen LogP contribution in [0.3, 0.4) is 0 Å². The molecule has 1 heterocycles. The minimum atomic E-state index is -0.166. The van der Waals surface area contributed by atoms with Gasteiger partial charge in [-0.25, -0.2) is 0 Å². The van der Waals surface area contributed by atoms with Crippen molar-refractivity contribution in [3.63, 3.8) is 0 Å². The molecule has 0 fully saturated rings. The van der Waals surface area contributed by atoms with Crippen molar-refractivity contribution < 1.29 is 0 Å². The molecule has 0 spiro atoms. The first-order chi connectivity index (χ1) is 26.4.